The number of nitro benzene ring substituents is 1. The number of hydrogen-bond acceptors (Lipinski definition) is 6. The lowest BCUT2D eigenvalue weighted by Crippen LogP contribution is -2.15. The van der Waals surface area contributed by atoms with E-state index in [9.17, 15) is 10.1 Å². The fourth-order valence-corrected chi connectivity index (χ4v) is 1.34. The topological polar surface area (TPSA) is 101 Å². The van der Waals surface area contributed by atoms with Crippen LogP contribution in [0.2, 0.25) is 0 Å². The summed E-state index contributed by atoms with van der Waals surface area (Å²) < 4.78 is 5.30. The molecular formula is C10H11N3O4. The van der Waals surface area contributed by atoms with Gasteiger partial charge in [-0.1, -0.05) is 0 Å². The molecule has 0 saturated heterocycles. The second-order valence-corrected chi connectivity index (χ2v) is 3.66. The standard InChI is InChI=1S/C10H11N3O4/c1-6(14)5-11-10-12-8-4-7(13(15)16)2-3-9(8)17-10/h2-4,6,14H,5H2,1H3,(H,11,12). The molecule has 1 heterocycles. The van der Waals surface area contributed by atoms with Crippen LogP contribution in [0, 0.1) is 10.1 Å². The Morgan fingerprint density at radius 1 is 1.65 bits per heavy atom. The second-order valence-electron chi connectivity index (χ2n) is 3.66. The number of benzene rings is 1. The van der Waals surface area contributed by atoms with Gasteiger partial charge >= 0.3 is 0 Å². The molecule has 2 N–H and O–H groups in total. The quantitative estimate of drug-likeness (QED) is 0.617. The number of oxazole rings is 1. The van der Waals surface area contributed by atoms with Crippen molar-refractivity contribution in [1.29, 1.82) is 0 Å². The van der Waals surface area contributed by atoms with Crippen LogP contribution in [0.25, 0.3) is 11.1 Å². The van der Waals surface area contributed by atoms with Crippen molar-refractivity contribution >= 4 is 22.8 Å². The lowest BCUT2D eigenvalue weighted by Gasteiger charge is -2.02. The summed E-state index contributed by atoms with van der Waals surface area (Å²) in [5.41, 5.74) is 0.837. The largest absolute Gasteiger partial charge is 0.424 e. The summed E-state index contributed by atoms with van der Waals surface area (Å²) in [5.74, 6) is 0. The van der Waals surface area contributed by atoms with Gasteiger partial charge in [0, 0.05) is 18.7 Å². The molecule has 1 aromatic heterocycles. The van der Waals surface area contributed by atoms with Gasteiger partial charge < -0.3 is 14.8 Å². The maximum absolute atomic E-state index is 10.6. The van der Waals surface area contributed by atoms with Crippen LogP contribution in [0.5, 0.6) is 0 Å². The first-order valence-electron chi connectivity index (χ1n) is 5.03. The fourth-order valence-electron chi connectivity index (χ4n) is 1.34. The SMILES string of the molecule is CC(O)CNc1nc2cc([N+](=O)[O-])ccc2o1. The monoisotopic (exact) mass is 237 g/mol. The Labute approximate surface area is 96.2 Å². The predicted octanol–water partition coefficient (Wildman–Crippen LogP) is 1.53. The summed E-state index contributed by atoms with van der Waals surface area (Å²) in [5, 5.41) is 22.4. The molecule has 0 fully saturated rings. The van der Waals surface area contributed by atoms with Crippen molar-refractivity contribution < 1.29 is 14.4 Å². The number of non-ortho nitro benzene ring substituents is 1. The van der Waals surface area contributed by atoms with Gasteiger partial charge in [-0.2, -0.15) is 4.98 Å². The Bertz CT molecular complexity index is 549. The maximum atomic E-state index is 10.6. The normalized spacial score (nSPS) is 12.6. The number of nitrogens with zero attached hydrogens (tertiary/aromatic N) is 2. The van der Waals surface area contributed by atoms with E-state index in [1.54, 1.807) is 6.92 Å². The molecule has 1 atom stereocenters. The van der Waals surface area contributed by atoms with Gasteiger partial charge in [0.15, 0.2) is 5.58 Å². The number of rotatable bonds is 4. The highest BCUT2D eigenvalue weighted by atomic mass is 16.6. The molecule has 17 heavy (non-hydrogen) atoms. The smallest absolute Gasteiger partial charge is 0.295 e. The third kappa shape index (κ3) is 2.51. The van der Waals surface area contributed by atoms with E-state index >= 15 is 0 Å². The Morgan fingerprint density at radius 2 is 2.41 bits per heavy atom. The van der Waals surface area contributed by atoms with Gasteiger partial charge in [-0.05, 0) is 13.0 Å². The summed E-state index contributed by atoms with van der Waals surface area (Å²) in [6, 6.07) is 4.42. The van der Waals surface area contributed by atoms with Crippen molar-refractivity contribution in [3.8, 4) is 0 Å². The van der Waals surface area contributed by atoms with E-state index in [0.29, 0.717) is 17.6 Å². The highest BCUT2D eigenvalue weighted by Gasteiger charge is 2.11. The highest BCUT2D eigenvalue weighted by molar-refractivity contribution is 5.77. The van der Waals surface area contributed by atoms with E-state index in [4.69, 9.17) is 9.52 Å². The number of aliphatic hydroxyl groups excluding tert-OH is 1. The zero-order chi connectivity index (χ0) is 12.4. The van der Waals surface area contributed by atoms with Crippen molar-refractivity contribution in [3.05, 3.63) is 28.3 Å². The van der Waals surface area contributed by atoms with Crippen molar-refractivity contribution in [3.63, 3.8) is 0 Å². The number of fused-ring (bicyclic) bond motifs is 1. The minimum Gasteiger partial charge on any atom is -0.424 e. The van der Waals surface area contributed by atoms with Crippen LogP contribution in [0.4, 0.5) is 11.7 Å². The van der Waals surface area contributed by atoms with Crippen LogP contribution in [0.3, 0.4) is 0 Å². The molecular weight excluding hydrogens is 226 g/mol. The Kier molecular flexibility index (Phi) is 2.92. The van der Waals surface area contributed by atoms with Gasteiger partial charge in [0.25, 0.3) is 11.7 Å². The first-order valence-corrected chi connectivity index (χ1v) is 5.03. The first kappa shape index (κ1) is 11.3. The molecule has 2 rings (SSSR count). The number of aliphatic hydroxyl groups is 1. The lowest BCUT2D eigenvalue weighted by molar-refractivity contribution is -0.384. The lowest BCUT2D eigenvalue weighted by atomic mass is 10.3. The minimum atomic E-state index is -0.528. The zero-order valence-electron chi connectivity index (χ0n) is 9.08. The molecule has 0 aliphatic carbocycles. The van der Waals surface area contributed by atoms with E-state index in [-0.39, 0.29) is 11.7 Å². The Morgan fingerprint density at radius 3 is 3.06 bits per heavy atom. The van der Waals surface area contributed by atoms with Crippen LogP contribution in [0.15, 0.2) is 22.6 Å². The van der Waals surface area contributed by atoms with E-state index in [1.165, 1.54) is 18.2 Å². The number of nitro groups is 1. The van der Waals surface area contributed by atoms with Crippen molar-refractivity contribution in [2.45, 2.75) is 13.0 Å². The highest BCUT2D eigenvalue weighted by Crippen LogP contribution is 2.23. The number of hydrogen-bond donors (Lipinski definition) is 2. The molecule has 1 unspecified atom stereocenters. The summed E-state index contributed by atoms with van der Waals surface area (Å²) in [4.78, 5) is 14.1. The molecule has 90 valence electrons. The van der Waals surface area contributed by atoms with Crippen molar-refractivity contribution in [2.75, 3.05) is 11.9 Å². The summed E-state index contributed by atoms with van der Waals surface area (Å²) in [6.07, 6.45) is -0.528. The van der Waals surface area contributed by atoms with Crippen molar-refractivity contribution in [2.24, 2.45) is 0 Å². The predicted molar refractivity (Wildman–Crippen MR) is 60.8 cm³/mol. The molecule has 0 amide bonds. The fraction of sp³-hybridized carbons (Fsp3) is 0.300. The molecule has 0 spiro atoms. The molecule has 1 aromatic carbocycles. The Balaban J connectivity index is 2.27. The van der Waals surface area contributed by atoms with Gasteiger partial charge in [0.05, 0.1) is 11.0 Å². The minimum absolute atomic E-state index is 0.0344. The molecule has 0 saturated carbocycles. The molecule has 0 bridgehead atoms. The summed E-state index contributed by atoms with van der Waals surface area (Å²) in [7, 11) is 0. The van der Waals surface area contributed by atoms with Crippen LogP contribution in [-0.4, -0.2) is 27.7 Å². The van der Waals surface area contributed by atoms with Gasteiger partial charge in [-0.3, -0.25) is 10.1 Å². The van der Waals surface area contributed by atoms with Crippen molar-refractivity contribution in [1.82, 2.24) is 4.98 Å². The van der Waals surface area contributed by atoms with E-state index in [1.807, 2.05) is 0 Å². The summed E-state index contributed by atoms with van der Waals surface area (Å²) in [6.45, 7) is 1.93. The van der Waals surface area contributed by atoms with Crippen LogP contribution in [-0.2, 0) is 0 Å². The third-order valence-electron chi connectivity index (χ3n) is 2.13. The number of nitrogens with one attached hydrogen (secondary N) is 1. The molecule has 2 aromatic rings. The molecule has 0 aliphatic rings. The van der Waals surface area contributed by atoms with Gasteiger partial charge in [0.1, 0.15) is 5.52 Å². The average molecular weight is 237 g/mol. The molecule has 7 nitrogen and oxygen atoms in total. The molecule has 7 heteroatoms. The zero-order valence-corrected chi connectivity index (χ0v) is 9.08. The van der Waals surface area contributed by atoms with Crippen LogP contribution < -0.4 is 5.32 Å². The Hall–Kier alpha value is -2.15. The van der Waals surface area contributed by atoms with Crippen LogP contribution >= 0.6 is 0 Å². The average Bonchev–Trinajstić information content (AvgIpc) is 2.67. The maximum Gasteiger partial charge on any atom is 0.295 e. The van der Waals surface area contributed by atoms with Gasteiger partial charge in [-0.15, -0.1) is 0 Å². The van der Waals surface area contributed by atoms with Crippen LogP contribution in [0.1, 0.15) is 6.92 Å². The third-order valence-corrected chi connectivity index (χ3v) is 2.13. The van der Waals surface area contributed by atoms with E-state index in [0.717, 1.165) is 0 Å². The van der Waals surface area contributed by atoms with E-state index < -0.39 is 11.0 Å². The van der Waals surface area contributed by atoms with Gasteiger partial charge in [-0.25, -0.2) is 0 Å². The van der Waals surface area contributed by atoms with E-state index in [2.05, 4.69) is 10.3 Å². The van der Waals surface area contributed by atoms with Gasteiger partial charge in [0.2, 0.25) is 0 Å². The number of aromatic nitrogens is 1. The first-order chi connectivity index (χ1) is 8.06. The number of anilines is 1. The summed E-state index contributed by atoms with van der Waals surface area (Å²) >= 11 is 0. The second kappa shape index (κ2) is 4.38. The molecule has 0 aliphatic heterocycles. The molecule has 0 radical (unpaired) electrons.